The van der Waals surface area contributed by atoms with Crippen molar-refractivity contribution < 1.29 is 0 Å². The Hall–Kier alpha value is -9.26. The number of hydrogen-bond donors (Lipinski definition) is 0. The van der Waals surface area contributed by atoms with E-state index in [0.717, 1.165) is 83.3 Å². The lowest BCUT2D eigenvalue weighted by Crippen LogP contribution is -2.06. The first-order valence-electron chi connectivity index (χ1n) is 22.9. The lowest BCUT2D eigenvalue weighted by Gasteiger charge is -2.13. The molecule has 0 radical (unpaired) electrons. The number of para-hydroxylation sites is 2. The molecule has 0 saturated heterocycles. The molecule has 0 atom stereocenters. The molecular formula is C62H40N6. The van der Waals surface area contributed by atoms with E-state index in [1.54, 1.807) is 0 Å². The first-order valence-corrected chi connectivity index (χ1v) is 22.9. The van der Waals surface area contributed by atoms with E-state index in [-0.39, 0.29) is 0 Å². The van der Waals surface area contributed by atoms with Gasteiger partial charge in [0.1, 0.15) is 0 Å². The molecule has 0 spiro atoms. The molecule has 0 fully saturated rings. The standard InChI is InChI=1S/C62H40N6/c1-5-18-41(19-6-1)42-32-34-44(35-33-42)53-40-48(39-52(63-53)43-20-7-2-8-21-43)47-26-17-27-49(38-47)67-54-30-15-13-28-50(54)58-56(67)36-37-57-59(58)51-29-14-16-31-55(51)68(57)62-65-60(45-22-9-3-10-23-45)64-61(66-62)46-24-11-4-12-25-46/h1-40H. The Morgan fingerprint density at radius 3 is 1.25 bits per heavy atom. The van der Waals surface area contributed by atoms with Crippen LogP contribution in [0.15, 0.2) is 243 Å². The van der Waals surface area contributed by atoms with Crippen molar-refractivity contribution in [2.75, 3.05) is 0 Å². The number of fused-ring (bicyclic) bond motifs is 7. The van der Waals surface area contributed by atoms with E-state index < -0.39 is 0 Å². The largest absolute Gasteiger partial charge is 0.309 e. The second-order valence-electron chi connectivity index (χ2n) is 17.1. The molecule has 6 heteroatoms. The predicted molar refractivity (Wildman–Crippen MR) is 279 cm³/mol. The summed E-state index contributed by atoms with van der Waals surface area (Å²) in [5.74, 6) is 1.81. The summed E-state index contributed by atoms with van der Waals surface area (Å²) in [5, 5.41) is 4.62. The molecule has 6 nitrogen and oxygen atoms in total. The van der Waals surface area contributed by atoms with Crippen molar-refractivity contribution in [2.45, 2.75) is 0 Å². The Balaban J connectivity index is 0.992. The molecule has 4 aromatic heterocycles. The SMILES string of the molecule is c1ccc(-c2ccc(-c3cc(-c4cccc(-n5c6ccccc6c6c7c8ccccc8n(-c8nc(-c9ccccc9)nc(-c9ccccc9)n8)c7ccc65)c4)cc(-c4ccccc4)n3)cc2)cc1. The minimum Gasteiger partial charge on any atom is -0.309 e. The van der Waals surface area contributed by atoms with Gasteiger partial charge in [-0.1, -0.05) is 194 Å². The average Bonchev–Trinajstić information content (AvgIpc) is 3.95. The molecule has 0 aliphatic carbocycles. The Morgan fingerprint density at radius 2 is 0.676 bits per heavy atom. The number of benzene rings is 9. The summed E-state index contributed by atoms with van der Waals surface area (Å²) in [6.45, 7) is 0. The summed E-state index contributed by atoms with van der Waals surface area (Å²) >= 11 is 0. The zero-order valence-electron chi connectivity index (χ0n) is 36.8. The minimum atomic E-state index is 0.568. The van der Waals surface area contributed by atoms with Gasteiger partial charge in [-0.3, -0.25) is 4.57 Å². The van der Waals surface area contributed by atoms with E-state index in [2.05, 4.69) is 185 Å². The van der Waals surface area contributed by atoms with Gasteiger partial charge >= 0.3 is 0 Å². The van der Waals surface area contributed by atoms with Gasteiger partial charge in [0.05, 0.1) is 33.5 Å². The number of pyridine rings is 1. The molecule has 0 N–H and O–H groups in total. The molecule has 13 rings (SSSR count). The second kappa shape index (κ2) is 16.3. The van der Waals surface area contributed by atoms with Crippen LogP contribution in [0.3, 0.4) is 0 Å². The van der Waals surface area contributed by atoms with Crippen LogP contribution >= 0.6 is 0 Å². The highest BCUT2D eigenvalue weighted by atomic mass is 15.2. The smallest absolute Gasteiger partial charge is 0.238 e. The Bertz CT molecular complexity index is 3930. The lowest BCUT2D eigenvalue weighted by molar-refractivity contribution is 0.953. The van der Waals surface area contributed by atoms with E-state index in [4.69, 9.17) is 19.9 Å². The van der Waals surface area contributed by atoms with Crippen molar-refractivity contribution in [3.8, 4) is 79.2 Å². The molecule has 0 aliphatic heterocycles. The molecule has 9 aromatic carbocycles. The number of nitrogens with zero attached hydrogens (tertiary/aromatic N) is 6. The molecule has 0 bridgehead atoms. The van der Waals surface area contributed by atoms with Crippen LogP contribution < -0.4 is 0 Å². The molecule has 0 saturated carbocycles. The normalized spacial score (nSPS) is 11.5. The first-order chi connectivity index (χ1) is 33.7. The van der Waals surface area contributed by atoms with Crippen molar-refractivity contribution in [1.82, 2.24) is 29.1 Å². The van der Waals surface area contributed by atoms with Crippen LogP contribution in [0, 0.1) is 0 Å². The van der Waals surface area contributed by atoms with Crippen LogP contribution in [-0.4, -0.2) is 29.1 Å². The fourth-order valence-electron chi connectivity index (χ4n) is 9.80. The zero-order chi connectivity index (χ0) is 45.0. The van der Waals surface area contributed by atoms with Crippen molar-refractivity contribution in [3.63, 3.8) is 0 Å². The van der Waals surface area contributed by atoms with Gasteiger partial charge in [-0.2, -0.15) is 9.97 Å². The third kappa shape index (κ3) is 6.74. The lowest BCUT2D eigenvalue weighted by atomic mass is 9.98. The van der Waals surface area contributed by atoms with Crippen molar-refractivity contribution in [2.24, 2.45) is 0 Å². The molecule has 4 heterocycles. The van der Waals surface area contributed by atoms with Gasteiger partial charge < -0.3 is 4.57 Å². The molecule has 0 aliphatic rings. The second-order valence-corrected chi connectivity index (χ2v) is 17.1. The fraction of sp³-hybridized carbons (Fsp3) is 0. The Morgan fingerprint density at radius 1 is 0.250 bits per heavy atom. The molecule has 318 valence electrons. The van der Waals surface area contributed by atoms with E-state index in [0.29, 0.717) is 17.6 Å². The Labute approximate surface area is 392 Å². The van der Waals surface area contributed by atoms with Gasteiger partial charge in [0.25, 0.3) is 0 Å². The van der Waals surface area contributed by atoms with E-state index >= 15 is 0 Å². The van der Waals surface area contributed by atoms with Crippen LogP contribution in [0.5, 0.6) is 0 Å². The summed E-state index contributed by atoms with van der Waals surface area (Å²) in [6, 6.07) is 85.2. The van der Waals surface area contributed by atoms with Crippen LogP contribution in [0.1, 0.15) is 0 Å². The van der Waals surface area contributed by atoms with Crippen molar-refractivity contribution in [3.05, 3.63) is 243 Å². The number of rotatable bonds is 8. The van der Waals surface area contributed by atoms with E-state index in [1.807, 2.05) is 66.7 Å². The zero-order valence-corrected chi connectivity index (χ0v) is 36.8. The average molecular weight is 869 g/mol. The van der Waals surface area contributed by atoms with E-state index in [1.165, 1.54) is 21.9 Å². The first kappa shape index (κ1) is 39.1. The van der Waals surface area contributed by atoms with Crippen LogP contribution in [0.25, 0.3) is 123 Å². The van der Waals surface area contributed by atoms with E-state index in [9.17, 15) is 0 Å². The van der Waals surface area contributed by atoms with Gasteiger partial charge in [-0.05, 0) is 70.8 Å². The molecular weight excluding hydrogens is 829 g/mol. The van der Waals surface area contributed by atoms with Gasteiger partial charge in [-0.25, -0.2) is 9.97 Å². The number of hydrogen-bond acceptors (Lipinski definition) is 4. The van der Waals surface area contributed by atoms with Crippen LogP contribution in [-0.2, 0) is 0 Å². The van der Waals surface area contributed by atoms with Gasteiger partial charge in [-0.15, -0.1) is 0 Å². The summed E-state index contributed by atoms with van der Waals surface area (Å²) in [7, 11) is 0. The molecule has 0 unspecified atom stereocenters. The monoisotopic (exact) mass is 868 g/mol. The van der Waals surface area contributed by atoms with Crippen LogP contribution in [0.4, 0.5) is 0 Å². The number of aromatic nitrogens is 6. The highest BCUT2D eigenvalue weighted by Gasteiger charge is 2.23. The third-order valence-electron chi connectivity index (χ3n) is 13.0. The van der Waals surface area contributed by atoms with Gasteiger partial charge in [0.2, 0.25) is 5.95 Å². The highest BCUT2D eigenvalue weighted by molar-refractivity contribution is 6.28. The maximum Gasteiger partial charge on any atom is 0.238 e. The minimum absolute atomic E-state index is 0.568. The third-order valence-corrected chi connectivity index (χ3v) is 13.0. The summed E-state index contributed by atoms with van der Waals surface area (Å²) in [4.78, 5) is 20.7. The molecule has 13 aromatic rings. The summed E-state index contributed by atoms with van der Waals surface area (Å²) in [5.41, 5.74) is 15.8. The van der Waals surface area contributed by atoms with Gasteiger partial charge in [0, 0.05) is 49.5 Å². The molecule has 68 heavy (non-hydrogen) atoms. The topological polar surface area (TPSA) is 61.4 Å². The highest BCUT2D eigenvalue weighted by Crippen LogP contribution is 2.43. The quantitative estimate of drug-likeness (QED) is 0.153. The predicted octanol–water partition coefficient (Wildman–Crippen LogP) is 15.5. The maximum atomic E-state index is 5.25. The summed E-state index contributed by atoms with van der Waals surface area (Å²) < 4.78 is 4.62. The Kier molecular flexibility index (Phi) is 9.39. The van der Waals surface area contributed by atoms with Crippen LogP contribution in [0.2, 0.25) is 0 Å². The summed E-state index contributed by atoms with van der Waals surface area (Å²) in [6.07, 6.45) is 0. The van der Waals surface area contributed by atoms with Crippen molar-refractivity contribution >= 4 is 43.6 Å². The van der Waals surface area contributed by atoms with Crippen molar-refractivity contribution in [1.29, 1.82) is 0 Å². The maximum absolute atomic E-state index is 5.25. The fourth-order valence-corrected chi connectivity index (χ4v) is 9.80. The molecule has 0 amide bonds. The van der Waals surface area contributed by atoms with Gasteiger partial charge in [0.15, 0.2) is 11.6 Å².